The van der Waals surface area contributed by atoms with Gasteiger partial charge in [-0.2, -0.15) is 9.61 Å². The van der Waals surface area contributed by atoms with Gasteiger partial charge in [0.2, 0.25) is 0 Å². The van der Waals surface area contributed by atoms with Gasteiger partial charge < -0.3 is 0 Å². The van der Waals surface area contributed by atoms with Crippen LogP contribution >= 0.6 is 11.6 Å². The van der Waals surface area contributed by atoms with Crippen molar-refractivity contribution in [3.05, 3.63) is 22.1 Å². The van der Waals surface area contributed by atoms with Gasteiger partial charge >= 0.3 is 0 Å². The molecule has 3 heterocycles. The van der Waals surface area contributed by atoms with Gasteiger partial charge in [0.05, 0.1) is 5.75 Å². The van der Waals surface area contributed by atoms with Crippen LogP contribution in [0.5, 0.6) is 0 Å². The molecule has 1 unspecified atom stereocenters. The van der Waals surface area contributed by atoms with E-state index in [0.717, 1.165) is 17.5 Å². The average molecular weight is 315 g/mol. The summed E-state index contributed by atoms with van der Waals surface area (Å²) in [5.74, 6) is 0.579. The normalized spacial score (nSPS) is 22.2. The quantitative estimate of drug-likeness (QED) is 0.805. The monoisotopic (exact) mass is 314 g/mol. The molecule has 3 rings (SSSR count). The molecule has 1 fully saturated rings. The number of aryl methyl sites for hydroxylation is 1. The van der Waals surface area contributed by atoms with Crippen molar-refractivity contribution in [1.29, 1.82) is 0 Å². The lowest BCUT2D eigenvalue weighted by atomic mass is 10.2. The highest BCUT2D eigenvalue weighted by atomic mass is 35.5. The van der Waals surface area contributed by atoms with Gasteiger partial charge in [0.25, 0.3) is 0 Å². The van der Waals surface area contributed by atoms with Crippen molar-refractivity contribution >= 4 is 27.1 Å². The van der Waals surface area contributed by atoms with Crippen molar-refractivity contribution in [2.75, 3.05) is 5.75 Å². The maximum atomic E-state index is 12.2. The van der Waals surface area contributed by atoms with E-state index in [0.29, 0.717) is 29.5 Å². The van der Waals surface area contributed by atoms with Gasteiger partial charge in [-0.25, -0.2) is 8.42 Å². The molecule has 1 aliphatic heterocycles. The Bertz CT molecular complexity index is 784. The number of nitrogens with zero attached hydrogens (tertiary/aromatic N) is 4. The van der Waals surface area contributed by atoms with Crippen LogP contribution in [0.2, 0.25) is 5.15 Å². The number of rotatable bonds is 1. The summed E-state index contributed by atoms with van der Waals surface area (Å²) in [5.41, 5.74) is 2.28. The molecule has 20 heavy (non-hydrogen) atoms. The van der Waals surface area contributed by atoms with Crippen LogP contribution < -0.4 is 0 Å². The first kappa shape index (κ1) is 13.8. The maximum Gasteiger partial charge on any atom is 0.181 e. The molecule has 0 N–H and O–H groups in total. The highest BCUT2D eigenvalue weighted by Gasteiger charge is 2.34. The highest BCUT2D eigenvalue weighted by molar-refractivity contribution is 7.91. The smallest absolute Gasteiger partial charge is 0.181 e. The second-order valence-electron chi connectivity index (χ2n) is 5.19. The topological polar surface area (TPSA) is 77.2 Å². The van der Waals surface area contributed by atoms with Crippen LogP contribution in [0.1, 0.15) is 41.5 Å². The standard InChI is InChI=1S/C12H15ClN4O2S/c1-7-8(2)11-14-15-12(17(11)16-10(7)13)9-5-3-4-6-20(9,18)19/h9H,3-6H2,1-2H3. The molecule has 8 heteroatoms. The molecule has 0 aromatic carbocycles. The summed E-state index contributed by atoms with van der Waals surface area (Å²) in [6.07, 6.45) is 2.15. The SMILES string of the molecule is Cc1c(Cl)nn2c(C3CCCCS3(=O)=O)nnc2c1C. The largest absolute Gasteiger partial charge is 0.228 e. The van der Waals surface area contributed by atoms with Crippen molar-refractivity contribution in [3.63, 3.8) is 0 Å². The molecule has 1 saturated heterocycles. The predicted octanol–water partition coefficient (Wildman–Crippen LogP) is 2.03. The predicted molar refractivity (Wildman–Crippen MR) is 75.6 cm³/mol. The maximum absolute atomic E-state index is 12.2. The molecule has 2 aromatic heterocycles. The van der Waals surface area contributed by atoms with Crippen molar-refractivity contribution in [2.24, 2.45) is 0 Å². The Kier molecular flexibility index (Phi) is 3.21. The van der Waals surface area contributed by atoms with Crippen LogP contribution in [0.25, 0.3) is 5.65 Å². The van der Waals surface area contributed by atoms with E-state index in [1.807, 2.05) is 13.8 Å². The molecule has 0 aliphatic carbocycles. The van der Waals surface area contributed by atoms with E-state index in [-0.39, 0.29) is 5.75 Å². The van der Waals surface area contributed by atoms with E-state index in [9.17, 15) is 8.42 Å². The molecule has 0 bridgehead atoms. The zero-order valence-corrected chi connectivity index (χ0v) is 12.9. The summed E-state index contributed by atoms with van der Waals surface area (Å²) in [6, 6.07) is 0. The number of hydrogen-bond donors (Lipinski definition) is 0. The number of sulfone groups is 1. The summed E-state index contributed by atoms with van der Waals surface area (Å²) < 4.78 is 25.9. The summed E-state index contributed by atoms with van der Waals surface area (Å²) in [7, 11) is -3.18. The summed E-state index contributed by atoms with van der Waals surface area (Å²) in [5, 5.41) is 12.1. The Balaban J connectivity index is 2.23. The van der Waals surface area contributed by atoms with Crippen LogP contribution in [-0.2, 0) is 9.84 Å². The molecule has 2 aromatic rings. The minimum absolute atomic E-state index is 0.200. The van der Waals surface area contributed by atoms with Gasteiger partial charge in [-0.1, -0.05) is 18.0 Å². The third-order valence-corrected chi connectivity index (χ3v) is 6.46. The number of hydrogen-bond acceptors (Lipinski definition) is 5. The average Bonchev–Trinajstić information content (AvgIpc) is 2.79. The second kappa shape index (κ2) is 4.66. The molecule has 0 spiro atoms. The van der Waals surface area contributed by atoms with Crippen LogP contribution in [0.4, 0.5) is 0 Å². The Labute approximate surface area is 122 Å². The van der Waals surface area contributed by atoms with E-state index in [4.69, 9.17) is 11.6 Å². The number of halogens is 1. The van der Waals surface area contributed by atoms with E-state index < -0.39 is 15.1 Å². The van der Waals surface area contributed by atoms with Crippen molar-refractivity contribution < 1.29 is 8.42 Å². The van der Waals surface area contributed by atoms with Gasteiger partial charge in [-0.15, -0.1) is 10.2 Å². The molecule has 0 saturated carbocycles. The fraction of sp³-hybridized carbons (Fsp3) is 0.583. The highest BCUT2D eigenvalue weighted by Crippen LogP contribution is 2.33. The van der Waals surface area contributed by atoms with Crippen LogP contribution in [0.15, 0.2) is 0 Å². The molecule has 108 valence electrons. The molecule has 0 radical (unpaired) electrons. The molecule has 1 atom stereocenters. The van der Waals surface area contributed by atoms with Crippen molar-refractivity contribution in [3.8, 4) is 0 Å². The van der Waals surface area contributed by atoms with Crippen LogP contribution in [0, 0.1) is 13.8 Å². The third kappa shape index (κ3) is 2.00. The zero-order chi connectivity index (χ0) is 14.5. The van der Waals surface area contributed by atoms with E-state index in [2.05, 4.69) is 15.3 Å². The van der Waals surface area contributed by atoms with E-state index >= 15 is 0 Å². The summed E-state index contributed by atoms with van der Waals surface area (Å²) >= 11 is 6.09. The molecule has 6 nitrogen and oxygen atoms in total. The Morgan fingerprint density at radius 2 is 1.95 bits per heavy atom. The molecular formula is C12H15ClN4O2S. The minimum atomic E-state index is -3.18. The van der Waals surface area contributed by atoms with E-state index in [1.165, 1.54) is 4.52 Å². The Morgan fingerprint density at radius 3 is 2.65 bits per heavy atom. The number of aromatic nitrogens is 4. The summed E-state index contributed by atoms with van der Waals surface area (Å²) in [6.45, 7) is 3.74. The molecule has 0 amide bonds. The Hall–Kier alpha value is -1.21. The first-order chi connectivity index (χ1) is 9.42. The minimum Gasteiger partial charge on any atom is -0.228 e. The molecule has 1 aliphatic rings. The fourth-order valence-electron chi connectivity index (χ4n) is 2.55. The molecular weight excluding hydrogens is 300 g/mol. The summed E-state index contributed by atoms with van der Waals surface area (Å²) in [4.78, 5) is 0. The fourth-order valence-corrected chi connectivity index (χ4v) is 4.66. The first-order valence-corrected chi connectivity index (χ1v) is 8.61. The van der Waals surface area contributed by atoms with Crippen molar-refractivity contribution in [1.82, 2.24) is 19.8 Å². The Morgan fingerprint density at radius 1 is 1.20 bits per heavy atom. The lowest BCUT2D eigenvalue weighted by molar-refractivity contribution is 0.534. The zero-order valence-electron chi connectivity index (χ0n) is 11.3. The van der Waals surface area contributed by atoms with Crippen LogP contribution in [0.3, 0.4) is 0 Å². The second-order valence-corrected chi connectivity index (χ2v) is 7.85. The first-order valence-electron chi connectivity index (χ1n) is 6.51. The lowest BCUT2D eigenvalue weighted by Gasteiger charge is -2.20. The third-order valence-electron chi connectivity index (χ3n) is 3.93. The van der Waals surface area contributed by atoms with Gasteiger partial charge in [-0.05, 0) is 32.3 Å². The lowest BCUT2D eigenvalue weighted by Crippen LogP contribution is -2.24. The van der Waals surface area contributed by atoms with Crippen LogP contribution in [-0.4, -0.2) is 34.0 Å². The van der Waals surface area contributed by atoms with Gasteiger partial charge in [0, 0.05) is 5.56 Å². The van der Waals surface area contributed by atoms with E-state index in [1.54, 1.807) is 0 Å². The van der Waals surface area contributed by atoms with Crippen molar-refractivity contribution in [2.45, 2.75) is 38.4 Å². The van der Waals surface area contributed by atoms with Gasteiger partial charge in [-0.3, -0.25) is 0 Å². The van der Waals surface area contributed by atoms with Gasteiger partial charge in [0.1, 0.15) is 5.25 Å². The number of fused-ring (bicyclic) bond motifs is 1. The van der Waals surface area contributed by atoms with Gasteiger partial charge in [0.15, 0.2) is 26.5 Å².